The van der Waals surface area contributed by atoms with Gasteiger partial charge in [0.15, 0.2) is 10.8 Å². The van der Waals surface area contributed by atoms with Crippen LogP contribution in [0.2, 0.25) is 0 Å². The predicted octanol–water partition coefficient (Wildman–Crippen LogP) is 2.30. The average Bonchev–Trinajstić information content (AvgIpc) is 3.17. The predicted molar refractivity (Wildman–Crippen MR) is 95.7 cm³/mol. The van der Waals surface area contributed by atoms with Crippen LogP contribution in [0.1, 0.15) is 16.1 Å². The van der Waals surface area contributed by atoms with Gasteiger partial charge in [-0.05, 0) is 19.1 Å². The molecule has 7 heteroatoms. The van der Waals surface area contributed by atoms with E-state index in [-0.39, 0.29) is 5.91 Å². The molecular formula is C17H19N5OS. The minimum atomic E-state index is 0.111. The molecule has 1 aliphatic heterocycles. The molecule has 1 fully saturated rings. The van der Waals surface area contributed by atoms with Gasteiger partial charge in [-0.15, -0.1) is 0 Å². The molecule has 0 saturated carbocycles. The highest BCUT2D eigenvalue weighted by Crippen LogP contribution is 2.31. The van der Waals surface area contributed by atoms with Crippen molar-refractivity contribution < 1.29 is 4.79 Å². The second-order valence-electron chi connectivity index (χ2n) is 6.00. The van der Waals surface area contributed by atoms with Crippen molar-refractivity contribution in [3.05, 3.63) is 41.6 Å². The summed E-state index contributed by atoms with van der Waals surface area (Å²) in [6.45, 7) is 5.08. The van der Waals surface area contributed by atoms with Crippen molar-refractivity contribution in [1.82, 2.24) is 19.7 Å². The van der Waals surface area contributed by atoms with Gasteiger partial charge < -0.3 is 9.80 Å². The molecule has 1 amide bonds. The molecule has 24 heavy (non-hydrogen) atoms. The molecule has 3 aromatic rings. The lowest BCUT2D eigenvalue weighted by Crippen LogP contribution is -2.48. The average molecular weight is 341 g/mol. The summed E-state index contributed by atoms with van der Waals surface area (Å²) in [5.41, 5.74) is 2.72. The lowest BCUT2D eigenvalue weighted by Gasteiger charge is -2.34. The van der Waals surface area contributed by atoms with E-state index in [2.05, 4.69) is 10.00 Å². The van der Waals surface area contributed by atoms with Gasteiger partial charge in [0.1, 0.15) is 0 Å². The first kappa shape index (κ1) is 15.1. The maximum absolute atomic E-state index is 12.5. The molecule has 0 N–H and O–H groups in total. The van der Waals surface area contributed by atoms with E-state index in [1.165, 1.54) is 0 Å². The van der Waals surface area contributed by atoms with Crippen LogP contribution in [0.25, 0.3) is 10.3 Å². The minimum Gasteiger partial charge on any atom is -0.344 e. The molecular weight excluding hydrogens is 322 g/mol. The van der Waals surface area contributed by atoms with Gasteiger partial charge in [0.05, 0.1) is 10.4 Å². The molecule has 0 aliphatic carbocycles. The van der Waals surface area contributed by atoms with Crippen molar-refractivity contribution in [2.45, 2.75) is 6.92 Å². The molecule has 1 saturated heterocycles. The van der Waals surface area contributed by atoms with E-state index in [9.17, 15) is 4.79 Å². The third-order valence-electron chi connectivity index (χ3n) is 4.39. The number of rotatable bonds is 2. The molecule has 1 aliphatic rings. The van der Waals surface area contributed by atoms with Crippen molar-refractivity contribution in [3.8, 4) is 0 Å². The van der Waals surface area contributed by atoms with E-state index in [1.54, 1.807) is 11.3 Å². The van der Waals surface area contributed by atoms with Crippen LogP contribution in [0, 0.1) is 6.92 Å². The van der Waals surface area contributed by atoms with Crippen molar-refractivity contribution in [1.29, 1.82) is 0 Å². The molecule has 0 unspecified atom stereocenters. The summed E-state index contributed by atoms with van der Waals surface area (Å²) in [5.74, 6) is 0.111. The third kappa shape index (κ3) is 2.54. The Bertz CT molecular complexity index is 843. The summed E-state index contributed by atoms with van der Waals surface area (Å²) < 4.78 is 2.98. The highest BCUT2D eigenvalue weighted by molar-refractivity contribution is 7.22. The molecule has 1 aromatic carbocycles. The topological polar surface area (TPSA) is 54.3 Å². The maximum atomic E-state index is 12.5. The molecule has 0 spiro atoms. The molecule has 4 rings (SSSR count). The van der Waals surface area contributed by atoms with Gasteiger partial charge in [0.2, 0.25) is 0 Å². The lowest BCUT2D eigenvalue weighted by molar-refractivity contribution is 0.0747. The van der Waals surface area contributed by atoms with Crippen LogP contribution >= 0.6 is 11.3 Å². The fraction of sp³-hybridized carbons (Fsp3) is 0.353. The highest BCUT2D eigenvalue weighted by Gasteiger charge is 2.24. The summed E-state index contributed by atoms with van der Waals surface area (Å²) in [6, 6.07) is 9.48. The Morgan fingerprint density at radius 1 is 1.12 bits per heavy atom. The van der Waals surface area contributed by atoms with Gasteiger partial charge in [-0.1, -0.05) is 29.5 Å². The zero-order chi connectivity index (χ0) is 16.7. The number of carbonyl (C=O) groups excluding carboxylic acids is 1. The van der Waals surface area contributed by atoms with Crippen LogP contribution < -0.4 is 4.90 Å². The molecule has 2 aromatic heterocycles. The summed E-state index contributed by atoms with van der Waals surface area (Å²) in [4.78, 5) is 21.4. The number of aryl methyl sites for hydroxylation is 2. The normalized spacial score (nSPS) is 15.2. The van der Waals surface area contributed by atoms with Crippen LogP contribution in [-0.4, -0.2) is 51.8 Å². The molecule has 6 nitrogen and oxygen atoms in total. The first-order valence-electron chi connectivity index (χ1n) is 8.03. The molecule has 0 bridgehead atoms. The summed E-state index contributed by atoms with van der Waals surface area (Å²) in [6.07, 6.45) is 0. The lowest BCUT2D eigenvalue weighted by atomic mass is 10.2. The van der Waals surface area contributed by atoms with Gasteiger partial charge in [-0.25, -0.2) is 9.67 Å². The van der Waals surface area contributed by atoms with Gasteiger partial charge in [-0.2, -0.15) is 5.10 Å². The van der Waals surface area contributed by atoms with E-state index < -0.39 is 0 Å². The number of anilines is 1. The van der Waals surface area contributed by atoms with Gasteiger partial charge in [0.25, 0.3) is 5.91 Å². The standard InChI is InChI=1S/C17H19N5OS/c1-12-14-15(20(2)19-12)18-17(24-14)22-10-8-21(9-11-22)16(23)13-6-4-3-5-7-13/h3-7H,8-11H2,1-2H3. The zero-order valence-corrected chi connectivity index (χ0v) is 14.6. The van der Waals surface area contributed by atoms with Crippen molar-refractivity contribution >= 4 is 32.7 Å². The van der Waals surface area contributed by atoms with Crippen molar-refractivity contribution in [2.24, 2.45) is 7.05 Å². The highest BCUT2D eigenvalue weighted by atomic mass is 32.1. The second kappa shape index (κ2) is 5.90. The van der Waals surface area contributed by atoms with Gasteiger partial charge >= 0.3 is 0 Å². The fourth-order valence-corrected chi connectivity index (χ4v) is 4.16. The Balaban J connectivity index is 1.47. The monoisotopic (exact) mass is 341 g/mol. The van der Waals surface area contributed by atoms with E-state index >= 15 is 0 Å². The van der Waals surface area contributed by atoms with E-state index in [0.29, 0.717) is 0 Å². The number of aromatic nitrogens is 3. The number of benzene rings is 1. The largest absolute Gasteiger partial charge is 0.344 e. The number of carbonyl (C=O) groups is 1. The first-order chi connectivity index (χ1) is 11.6. The zero-order valence-electron chi connectivity index (χ0n) is 13.8. The van der Waals surface area contributed by atoms with E-state index in [1.807, 2.05) is 53.9 Å². The Morgan fingerprint density at radius 2 is 1.83 bits per heavy atom. The van der Waals surface area contributed by atoms with Gasteiger partial charge in [-0.3, -0.25) is 4.79 Å². The van der Waals surface area contributed by atoms with E-state index in [4.69, 9.17) is 4.98 Å². The van der Waals surface area contributed by atoms with Crippen molar-refractivity contribution in [2.75, 3.05) is 31.1 Å². The van der Waals surface area contributed by atoms with Crippen LogP contribution in [-0.2, 0) is 7.05 Å². The number of fused-ring (bicyclic) bond motifs is 1. The summed E-state index contributed by atoms with van der Waals surface area (Å²) >= 11 is 1.69. The third-order valence-corrected chi connectivity index (χ3v) is 5.61. The number of nitrogens with zero attached hydrogens (tertiary/aromatic N) is 5. The Hall–Kier alpha value is -2.41. The molecule has 124 valence electrons. The summed E-state index contributed by atoms with van der Waals surface area (Å²) in [5, 5.41) is 5.42. The quantitative estimate of drug-likeness (QED) is 0.718. The number of piperazine rings is 1. The number of hydrogen-bond acceptors (Lipinski definition) is 5. The molecule has 0 atom stereocenters. The van der Waals surface area contributed by atoms with E-state index in [0.717, 1.165) is 52.9 Å². The fourth-order valence-electron chi connectivity index (χ4n) is 3.07. The van der Waals surface area contributed by atoms with Crippen molar-refractivity contribution in [3.63, 3.8) is 0 Å². The van der Waals surface area contributed by atoms with Crippen LogP contribution in [0.3, 0.4) is 0 Å². The smallest absolute Gasteiger partial charge is 0.253 e. The number of amides is 1. The molecule has 0 radical (unpaired) electrons. The molecule has 3 heterocycles. The van der Waals surface area contributed by atoms with Crippen LogP contribution in [0.4, 0.5) is 5.13 Å². The Labute approximate surface area is 144 Å². The number of thiazole rings is 1. The van der Waals surface area contributed by atoms with Gasteiger partial charge in [0, 0.05) is 38.8 Å². The Morgan fingerprint density at radius 3 is 2.50 bits per heavy atom. The second-order valence-corrected chi connectivity index (χ2v) is 6.98. The van der Waals surface area contributed by atoms with Crippen LogP contribution in [0.15, 0.2) is 30.3 Å². The maximum Gasteiger partial charge on any atom is 0.253 e. The van der Waals surface area contributed by atoms with Crippen LogP contribution in [0.5, 0.6) is 0 Å². The number of hydrogen-bond donors (Lipinski definition) is 0. The first-order valence-corrected chi connectivity index (χ1v) is 8.84. The minimum absolute atomic E-state index is 0.111. The summed E-state index contributed by atoms with van der Waals surface area (Å²) in [7, 11) is 1.93. The SMILES string of the molecule is Cc1nn(C)c2nc(N3CCN(C(=O)c4ccccc4)CC3)sc12. The Kier molecular flexibility index (Phi) is 3.72.